The third kappa shape index (κ3) is 4.59. The third-order valence-electron chi connectivity index (χ3n) is 2.03. The molecular weight excluding hydrogens is 190 g/mol. The fraction of sp³-hybridized carbons (Fsp3) is 0.417. The normalized spacial score (nSPS) is 12.1. The summed E-state index contributed by atoms with van der Waals surface area (Å²) in [6.45, 7) is 2.71. The van der Waals surface area contributed by atoms with E-state index in [9.17, 15) is 5.11 Å². The van der Waals surface area contributed by atoms with Crippen LogP contribution in [0.4, 0.5) is 0 Å². The van der Waals surface area contributed by atoms with Crippen molar-refractivity contribution in [1.82, 2.24) is 0 Å². The van der Waals surface area contributed by atoms with Crippen molar-refractivity contribution in [3.63, 3.8) is 0 Å². The molecule has 3 nitrogen and oxygen atoms in total. The van der Waals surface area contributed by atoms with Crippen LogP contribution in [0.1, 0.15) is 17.5 Å². The van der Waals surface area contributed by atoms with Crippen molar-refractivity contribution >= 4 is 0 Å². The highest BCUT2D eigenvalue weighted by Crippen LogP contribution is 2.05. The summed E-state index contributed by atoms with van der Waals surface area (Å²) in [6.07, 6.45) is -0.561. The molecule has 1 aromatic carbocycles. The molecule has 0 aliphatic heterocycles. The van der Waals surface area contributed by atoms with E-state index < -0.39 is 6.10 Å². The van der Waals surface area contributed by atoms with E-state index in [1.807, 2.05) is 37.3 Å². The van der Waals surface area contributed by atoms with Crippen LogP contribution in [-0.2, 0) is 11.3 Å². The maximum Gasteiger partial charge on any atom is 0.0903 e. The van der Waals surface area contributed by atoms with Crippen LogP contribution in [0.2, 0.25) is 0 Å². The number of hydrogen-bond acceptors (Lipinski definition) is 3. The van der Waals surface area contributed by atoms with Crippen LogP contribution in [0.3, 0.4) is 0 Å². The second kappa shape index (κ2) is 6.18. The lowest BCUT2D eigenvalue weighted by Gasteiger charge is -2.07. The molecule has 0 heterocycles. The van der Waals surface area contributed by atoms with Gasteiger partial charge in [0.05, 0.1) is 31.8 Å². The monoisotopic (exact) mass is 205 g/mol. The van der Waals surface area contributed by atoms with Gasteiger partial charge in [0.15, 0.2) is 0 Å². The zero-order valence-electron chi connectivity index (χ0n) is 8.81. The number of aryl methyl sites for hydroxylation is 1. The molecule has 0 radical (unpaired) electrons. The van der Waals surface area contributed by atoms with Gasteiger partial charge >= 0.3 is 0 Å². The molecule has 0 spiro atoms. The van der Waals surface area contributed by atoms with Crippen molar-refractivity contribution in [1.29, 1.82) is 5.26 Å². The first-order valence-corrected chi connectivity index (χ1v) is 4.90. The van der Waals surface area contributed by atoms with Gasteiger partial charge in [0.2, 0.25) is 0 Å². The molecule has 0 saturated carbocycles. The molecule has 0 aliphatic rings. The molecule has 0 unspecified atom stereocenters. The van der Waals surface area contributed by atoms with Crippen LogP contribution < -0.4 is 0 Å². The molecule has 15 heavy (non-hydrogen) atoms. The van der Waals surface area contributed by atoms with E-state index in [4.69, 9.17) is 10.00 Å². The van der Waals surface area contributed by atoms with Gasteiger partial charge in [-0.2, -0.15) is 5.26 Å². The number of nitrogens with zero attached hydrogens (tertiary/aromatic N) is 1. The molecule has 1 aromatic rings. The van der Waals surface area contributed by atoms with Gasteiger partial charge in [0, 0.05) is 0 Å². The Labute approximate surface area is 89.9 Å². The van der Waals surface area contributed by atoms with Crippen molar-refractivity contribution in [3.05, 3.63) is 35.4 Å². The zero-order chi connectivity index (χ0) is 11.1. The lowest BCUT2D eigenvalue weighted by atomic mass is 10.2. The van der Waals surface area contributed by atoms with Crippen molar-refractivity contribution in [2.45, 2.75) is 26.1 Å². The van der Waals surface area contributed by atoms with Gasteiger partial charge in [-0.3, -0.25) is 0 Å². The number of aliphatic hydroxyl groups is 1. The number of benzene rings is 1. The van der Waals surface area contributed by atoms with E-state index in [1.54, 1.807) is 0 Å². The molecule has 0 aromatic heterocycles. The minimum atomic E-state index is -0.680. The van der Waals surface area contributed by atoms with Gasteiger partial charge in [0.25, 0.3) is 0 Å². The summed E-state index contributed by atoms with van der Waals surface area (Å²) >= 11 is 0. The van der Waals surface area contributed by atoms with E-state index in [0.717, 1.165) is 5.56 Å². The van der Waals surface area contributed by atoms with Gasteiger partial charge < -0.3 is 9.84 Å². The summed E-state index contributed by atoms with van der Waals surface area (Å²) in [5.41, 5.74) is 2.29. The van der Waals surface area contributed by atoms with Crippen molar-refractivity contribution in [2.24, 2.45) is 0 Å². The highest BCUT2D eigenvalue weighted by molar-refractivity contribution is 5.20. The second-order valence-electron chi connectivity index (χ2n) is 3.52. The molecule has 0 fully saturated rings. The number of nitriles is 1. The Kier molecular flexibility index (Phi) is 4.82. The summed E-state index contributed by atoms with van der Waals surface area (Å²) in [7, 11) is 0. The van der Waals surface area contributed by atoms with Gasteiger partial charge in [-0.1, -0.05) is 29.8 Å². The molecule has 80 valence electrons. The van der Waals surface area contributed by atoms with E-state index in [2.05, 4.69) is 0 Å². The van der Waals surface area contributed by atoms with Crippen LogP contribution in [0.15, 0.2) is 24.3 Å². The number of ether oxygens (including phenoxy) is 1. The maximum absolute atomic E-state index is 9.22. The van der Waals surface area contributed by atoms with E-state index in [-0.39, 0.29) is 13.0 Å². The topological polar surface area (TPSA) is 53.2 Å². The predicted molar refractivity (Wildman–Crippen MR) is 57.1 cm³/mol. The molecule has 1 atom stereocenters. The molecule has 1 rings (SSSR count). The first kappa shape index (κ1) is 11.7. The summed E-state index contributed by atoms with van der Waals surface area (Å²) in [6, 6.07) is 9.91. The van der Waals surface area contributed by atoms with Crippen molar-refractivity contribution in [2.75, 3.05) is 6.61 Å². The molecule has 0 bridgehead atoms. The summed E-state index contributed by atoms with van der Waals surface area (Å²) in [4.78, 5) is 0. The Morgan fingerprint density at radius 1 is 1.40 bits per heavy atom. The zero-order valence-corrected chi connectivity index (χ0v) is 8.81. The standard InChI is InChI=1S/C12H15NO2/c1-10-2-4-11(5-3-10)8-15-9-12(14)6-7-13/h2-5,12,14H,6,8-9H2,1H3/t12-/m0/s1. The van der Waals surface area contributed by atoms with Gasteiger partial charge in [-0.25, -0.2) is 0 Å². The molecule has 1 N–H and O–H groups in total. The van der Waals surface area contributed by atoms with Crippen LogP contribution in [0.5, 0.6) is 0 Å². The molecule has 0 amide bonds. The Balaban J connectivity index is 2.26. The highest BCUT2D eigenvalue weighted by atomic mass is 16.5. The average Bonchev–Trinajstić information content (AvgIpc) is 2.21. The highest BCUT2D eigenvalue weighted by Gasteiger charge is 2.02. The van der Waals surface area contributed by atoms with Crippen molar-refractivity contribution < 1.29 is 9.84 Å². The predicted octanol–water partition coefficient (Wildman–Crippen LogP) is 1.79. The molecule has 0 saturated heterocycles. The first-order chi connectivity index (χ1) is 7.22. The summed E-state index contributed by atoms with van der Waals surface area (Å²) < 4.78 is 5.27. The number of hydrogen-bond donors (Lipinski definition) is 1. The largest absolute Gasteiger partial charge is 0.390 e. The smallest absolute Gasteiger partial charge is 0.0903 e. The van der Waals surface area contributed by atoms with E-state index in [1.165, 1.54) is 5.56 Å². The minimum absolute atomic E-state index is 0.119. The quantitative estimate of drug-likeness (QED) is 0.797. The first-order valence-electron chi connectivity index (χ1n) is 4.90. The minimum Gasteiger partial charge on any atom is -0.390 e. The van der Waals surface area contributed by atoms with Crippen LogP contribution in [-0.4, -0.2) is 17.8 Å². The lowest BCUT2D eigenvalue weighted by molar-refractivity contribution is 0.0309. The van der Waals surface area contributed by atoms with Crippen LogP contribution in [0.25, 0.3) is 0 Å². The van der Waals surface area contributed by atoms with Crippen molar-refractivity contribution in [3.8, 4) is 6.07 Å². The Morgan fingerprint density at radius 3 is 2.67 bits per heavy atom. The fourth-order valence-electron chi connectivity index (χ4n) is 1.16. The lowest BCUT2D eigenvalue weighted by Crippen LogP contribution is -2.14. The number of aliphatic hydroxyl groups excluding tert-OH is 1. The Morgan fingerprint density at radius 2 is 2.07 bits per heavy atom. The SMILES string of the molecule is Cc1ccc(COC[C@@H](O)CC#N)cc1. The average molecular weight is 205 g/mol. The Bertz CT molecular complexity index is 326. The maximum atomic E-state index is 9.22. The second-order valence-corrected chi connectivity index (χ2v) is 3.52. The molecule has 3 heteroatoms. The molecular formula is C12H15NO2. The van der Waals surface area contributed by atoms with Crippen LogP contribution >= 0.6 is 0 Å². The van der Waals surface area contributed by atoms with Crippen LogP contribution in [0, 0.1) is 18.3 Å². The van der Waals surface area contributed by atoms with Gasteiger partial charge in [0.1, 0.15) is 0 Å². The van der Waals surface area contributed by atoms with Gasteiger partial charge in [-0.15, -0.1) is 0 Å². The van der Waals surface area contributed by atoms with E-state index >= 15 is 0 Å². The fourth-order valence-corrected chi connectivity index (χ4v) is 1.16. The summed E-state index contributed by atoms with van der Waals surface area (Å²) in [5, 5.41) is 17.5. The third-order valence-corrected chi connectivity index (χ3v) is 2.03. The van der Waals surface area contributed by atoms with E-state index in [0.29, 0.717) is 6.61 Å². The number of rotatable bonds is 5. The summed E-state index contributed by atoms with van der Waals surface area (Å²) in [5.74, 6) is 0. The Hall–Kier alpha value is -1.37. The molecule has 0 aliphatic carbocycles. The van der Waals surface area contributed by atoms with Gasteiger partial charge in [-0.05, 0) is 12.5 Å².